The first-order chi connectivity index (χ1) is 3.18. The van der Waals surface area contributed by atoms with Crippen LogP contribution in [0.15, 0.2) is 0 Å². The molecular weight excluding hydrogens is 132 g/mol. The molecule has 0 aliphatic rings. The van der Waals surface area contributed by atoms with Gasteiger partial charge in [0.15, 0.2) is 0 Å². The normalized spacial score (nSPS) is 14.7. The maximum absolute atomic E-state index is 9.92. The Labute approximate surface area is 50.3 Å². The molecule has 0 amide bonds. The summed E-state index contributed by atoms with van der Waals surface area (Å²) >= 11 is 3.77. The highest BCUT2D eigenvalue weighted by Crippen LogP contribution is 1.87. The van der Waals surface area contributed by atoms with Crippen LogP contribution in [0.4, 0.5) is 0 Å². The van der Waals surface area contributed by atoms with Crippen LogP contribution in [0.3, 0.4) is 0 Å². The van der Waals surface area contributed by atoms with E-state index in [1.165, 1.54) is 0 Å². The van der Waals surface area contributed by atoms with Crippen LogP contribution in [0.5, 0.6) is 0 Å². The Morgan fingerprint density at radius 1 is 1.71 bits per heavy atom. The van der Waals surface area contributed by atoms with Gasteiger partial charge in [-0.3, -0.25) is 0 Å². The van der Waals surface area contributed by atoms with Gasteiger partial charge in [-0.25, -0.2) is 8.42 Å². The summed E-state index contributed by atoms with van der Waals surface area (Å²) in [7, 11) is -2.24. The first-order valence-corrected chi connectivity index (χ1v) is 3.80. The van der Waals surface area contributed by atoms with Crippen molar-refractivity contribution < 1.29 is 8.42 Å². The molecule has 0 aromatic heterocycles. The van der Waals surface area contributed by atoms with Crippen LogP contribution < -0.4 is 0 Å². The second-order valence-electron chi connectivity index (χ2n) is 1.32. The van der Waals surface area contributed by atoms with Crippen LogP contribution >= 0.6 is 12.6 Å². The average Bonchev–Trinajstić information content (AvgIpc) is 1.65. The Bertz CT molecular complexity index is 99.5. The third kappa shape index (κ3) is 2.93. The molecule has 0 aromatic carbocycles. The molecule has 0 heterocycles. The molecule has 1 atom stereocenters. The molecule has 44 valence electrons. The van der Waals surface area contributed by atoms with Gasteiger partial charge >= 0.3 is 0 Å². The molecule has 1 unspecified atom stereocenters. The van der Waals surface area contributed by atoms with Gasteiger partial charge in [0.1, 0.15) is 10.7 Å². The quantitative estimate of drug-likeness (QED) is 0.526. The molecule has 0 aromatic rings. The first-order valence-electron chi connectivity index (χ1n) is 1.93. The van der Waals surface area contributed by atoms with Gasteiger partial charge in [-0.05, 0) is 6.92 Å². The van der Waals surface area contributed by atoms with Gasteiger partial charge in [-0.1, -0.05) is 0 Å². The van der Waals surface area contributed by atoms with E-state index in [-0.39, 0.29) is 5.25 Å². The lowest BCUT2D eigenvalue weighted by molar-refractivity contribution is 0.607. The third-order valence-electron chi connectivity index (χ3n) is 0.624. The first kappa shape index (κ1) is 7.30. The van der Waals surface area contributed by atoms with Crippen molar-refractivity contribution in [2.24, 2.45) is 0 Å². The van der Waals surface area contributed by atoms with Gasteiger partial charge < -0.3 is 0 Å². The summed E-state index contributed by atoms with van der Waals surface area (Å²) < 4.78 is 19.8. The minimum Gasteiger partial charge on any atom is -0.232 e. The molecule has 0 rings (SSSR count). The van der Waals surface area contributed by atoms with E-state index in [1.54, 1.807) is 6.92 Å². The summed E-state index contributed by atoms with van der Waals surface area (Å²) in [5, 5.41) is -0.279. The molecule has 0 fully saturated rings. The number of thiol groups is 2. The van der Waals surface area contributed by atoms with E-state index in [4.69, 9.17) is 0 Å². The maximum atomic E-state index is 9.92. The van der Waals surface area contributed by atoms with Crippen LogP contribution in [0.1, 0.15) is 6.92 Å². The second-order valence-corrected chi connectivity index (χ2v) is 3.13. The molecular formula is C3H8O2S2. The fraction of sp³-hybridized carbons (Fsp3) is 1.00. The molecule has 0 aliphatic carbocycles. The Kier molecular flexibility index (Phi) is 3.46. The van der Waals surface area contributed by atoms with Crippen molar-refractivity contribution in [1.82, 2.24) is 0 Å². The van der Waals surface area contributed by atoms with Crippen molar-refractivity contribution in [2.45, 2.75) is 12.2 Å². The van der Waals surface area contributed by atoms with E-state index in [1.807, 2.05) is 0 Å². The second kappa shape index (κ2) is 3.32. The van der Waals surface area contributed by atoms with Crippen LogP contribution in [0, 0.1) is 0 Å². The van der Waals surface area contributed by atoms with E-state index in [9.17, 15) is 8.42 Å². The molecule has 0 aliphatic heterocycles. The Morgan fingerprint density at radius 3 is 2.14 bits per heavy atom. The summed E-state index contributed by atoms with van der Waals surface area (Å²) in [6.07, 6.45) is 0. The summed E-state index contributed by atoms with van der Waals surface area (Å²) in [4.78, 5) is 0. The maximum Gasteiger partial charge on any atom is 0.143 e. The molecule has 7 heavy (non-hydrogen) atoms. The van der Waals surface area contributed by atoms with Gasteiger partial charge in [0.05, 0.1) is 5.25 Å². The number of hydrogen-bond donors (Lipinski definition) is 2. The molecule has 0 bridgehead atoms. The molecule has 0 saturated heterocycles. The highest BCUT2D eigenvalue weighted by Gasteiger charge is 1.97. The summed E-state index contributed by atoms with van der Waals surface area (Å²) in [5.41, 5.74) is 0. The SMILES string of the molecule is CC(CS)[SH](=O)=O. The van der Waals surface area contributed by atoms with Crippen LogP contribution in [0.25, 0.3) is 0 Å². The third-order valence-corrected chi connectivity index (χ3v) is 2.36. The van der Waals surface area contributed by atoms with Crippen molar-refractivity contribution in [3.63, 3.8) is 0 Å². The lowest BCUT2D eigenvalue weighted by atomic mass is 10.6. The summed E-state index contributed by atoms with van der Waals surface area (Å²) in [5.74, 6) is 0.415. The molecule has 0 saturated carbocycles. The zero-order chi connectivity index (χ0) is 5.86. The van der Waals surface area contributed by atoms with Gasteiger partial charge in [0.2, 0.25) is 0 Å². The van der Waals surface area contributed by atoms with Crippen molar-refractivity contribution >= 4 is 23.3 Å². The average molecular weight is 140 g/mol. The lowest BCUT2D eigenvalue weighted by Crippen LogP contribution is -2.04. The fourth-order valence-electron chi connectivity index (χ4n) is 0.0667. The number of hydrogen-bond acceptors (Lipinski definition) is 3. The zero-order valence-corrected chi connectivity index (χ0v) is 5.78. The van der Waals surface area contributed by atoms with Crippen LogP contribution in [-0.2, 0) is 10.7 Å². The summed E-state index contributed by atoms with van der Waals surface area (Å²) in [6, 6.07) is 0. The van der Waals surface area contributed by atoms with Crippen molar-refractivity contribution in [3.05, 3.63) is 0 Å². The minimum absolute atomic E-state index is 0.279. The molecule has 0 spiro atoms. The van der Waals surface area contributed by atoms with Crippen molar-refractivity contribution in [3.8, 4) is 0 Å². The van der Waals surface area contributed by atoms with Crippen molar-refractivity contribution in [1.29, 1.82) is 0 Å². The fourth-order valence-corrected chi connectivity index (χ4v) is 0.600. The molecule has 4 heteroatoms. The Hall–Kier alpha value is 0.300. The predicted molar refractivity (Wildman–Crippen MR) is 33.6 cm³/mol. The molecule has 0 N–H and O–H groups in total. The van der Waals surface area contributed by atoms with Gasteiger partial charge in [-0.2, -0.15) is 12.6 Å². The van der Waals surface area contributed by atoms with E-state index in [2.05, 4.69) is 12.6 Å². The molecule has 0 radical (unpaired) electrons. The lowest BCUT2D eigenvalue weighted by Gasteiger charge is -1.91. The topological polar surface area (TPSA) is 34.1 Å². The van der Waals surface area contributed by atoms with Gasteiger partial charge in [0, 0.05) is 5.75 Å². The van der Waals surface area contributed by atoms with E-state index in [0.29, 0.717) is 5.75 Å². The monoisotopic (exact) mass is 140 g/mol. The highest BCUT2D eigenvalue weighted by atomic mass is 32.2. The standard InChI is InChI=1S/C3H8O2S2/c1-3(2-6)7(4)5/h3,6-7H,2H2,1H3. The minimum atomic E-state index is -2.24. The summed E-state index contributed by atoms with van der Waals surface area (Å²) in [6.45, 7) is 1.62. The van der Waals surface area contributed by atoms with Gasteiger partial charge in [0.25, 0.3) is 0 Å². The smallest absolute Gasteiger partial charge is 0.143 e. The zero-order valence-electron chi connectivity index (χ0n) is 4.00. The van der Waals surface area contributed by atoms with Crippen molar-refractivity contribution in [2.75, 3.05) is 5.75 Å². The Morgan fingerprint density at radius 2 is 2.14 bits per heavy atom. The highest BCUT2D eigenvalue weighted by molar-refractivity contribution is 7.82. The van der Waals surface area contributed by atoms with Crippen LogP contribution in [-0.4, -0.2) is 19.4 Å². The van der Waals surface area contributed by atoms with E-state index in [0.717, 1.165) is 0 Å². The molecule has 2 nitrogen and oxygen atoms in total. The Balaban J connectivity index is 3.57. The number of rotatable bonds is 2. The van der Waals surface area contributed by atoms with Gasteiger partial charge in [-0.15, -0.1) is 0 Å². The van der Waals surface area contributed by atoms with E-state index >= 15 is 0 Å². The van der Waals surface area contributed by atoms with E-state index < -0.39 is 10.7 Å². The predicted octanol–water partition coefficient (Wildman–Crippen LogP) is -0.0839. The largest absolute Gasteiger partial charge is 0.232 e. The van der Waals surface area contributed by atoms with Crippen LogP contribution in [0.2, 0.25) is 0 Å².